The standard InChI is InChI=1S/C14H11FN2O2/c15-8-3-4-12-10(6-8)11(7-19-12)13-9(14(16)18)2-1-5-17-13/h1-6,11H,7H2,(H2,16,18)/t11-/m0/s1. The number of aromatic nitrogens is 1. The van der Waals surface area contributed by atoms with E-state index < -0.39 is 5.91 Å². The van der Waals surface area contributed by atoms with Gasteiger partial charge in [0.15, 0.2) is 0 Å². The molecule has 1 aliphatic heterocycles. The van der Waals surface area contributed by atoms with Crippen LogP contribution in [0.3, 0.4) is 0 Å². The number of carbonyl (C=O) groups excluding carboxylic acids is 1. The van der Waals surface area contributed by atoms with Gasteiger partial charge in [-0.25, -0.2) is 4.39 Å². The third-order valence-electron chi connectivity index (χ3n) is 3.19. The summed E-state index contributed by atoms with van der Waals surface area (Å²) in [6.45, 7) is 0.329. The Hall–Kier alpha value is -2.43. The van der Waals surface area contributed by atoms with Gasteiger partial charge in [-0.15, -0.1) is 0 Å². The highest BCUT2D eigenvalue weighted by Crippen LogP contribution is 2.38. The lowest BCUT2D eigenvalue weighted by molar-refractivity contribution is 0.0998. The average molecular weight is 258 g/mol. The number of halogens is 1. The molecule has 1 aromatic carbocycles. The first kappa shape index (κ1) is 11.6. The van der Waals surface area contributed by atoms with Gasteiger partial charge in [0, 0.05) is 11.8 Å². The Kier molecular flexibility index (Phi) is 2.67. The van der Waals surface area contributed by atoms with Crippen LogP contribution >= 0.6 is 0 Å². The number of hydrogen-bond acceptors (Lipinski definition) is 3. The fourth-order valence-corrected chi connectivity index (χ4v) is 2.32. The number of benzene rings is 1. The molecule has 1 amide bonds. The quantitative estimate of drug-likeness (QED) is 0.893. The highest BCUT2D eigenvalue weighted by atomic mass is 19.1. The Bertz CT molecular complexity index is 658. The smallest absolute Gasteiger partial charge is 0.250 e. The summed E-state index contributed by atoms with van der Waals surface area (Å²) >= 11 is 0. The largest absolute Gasteiger partial charge is 0.492 e. The van der Waals surface area contributed by atoms with Crippen molar-refractivity contribution in [1.29, 1.82) is 0 Å². The summed E-state index contributed by atoms with van der Waals surface area (Å²) in [7, 11) is 0. The molecule has 0 saturated heterocycles. The number of nitrogens with zero attached hydrogens (tertiary/aromatic N) is 1. The molecule has 1 aromatic heterocycles. The molecule has 0 fully saturated rings. The van der Waals surface area contributed by atoms with Crippen molar-refractivity contribution in [2.24, 2.45) is 5.73 Å². The van der Waals surface area contributed by atoms with Gasteiger partial charge >= 0.3 is 0 Å². The molecule has 0 spiro atoms. The van der Waals surface area contributed by atoms with Crippen LogP contribution in [0.4, 0.5) is 4.39 Å². The number of rotatable bonds is 2. The van der Waals surface area contributed by atoms with Crippen molar-refractivity contribution in [2.45, 2.75) is 5.92 Å². The molecule has 0 saturated carbocycles. The van der Waals surface area contributed by atoms with Crippen molar-refractivity contribution < 1.29 is 13.9 Å². The van der Waals surface area contributed by atoms with E-state index in [2.05, 4.69) is 4.98 Å². The fraction of sp³-hybridized carbons (Fsp3) is 0.143. The average Bonchev–Trinajstić information content (AvgIpc) is 2.81. The summed E-state index contributed by atoms with van der Waals surface area (Å²) in [5, 5.41) is 0. The Labute approximate surface area is 109 Å². The first-order chi connectivity index (χ1) is 9.16. The number of carbonyl (C=O) groups is 1. The van der Waals surface area contributed by atoms with Crippen LogP contribution in [0.1, 0.15) is 27.5 Å². The van der Waals surface area contributed by atoms with E-state index >= 15 is 0 Å². The molecule has 2 aromatic rings. The molecule has 4 nitrogen and oxygen atoms in total. The molecule has 0 bridgehead atoms. The minimum Gasteiger partial charge on any atom is -0.492 e. The summed E-state index contributed by atoms with van der Waals surface area (Å²) < 4.78 is 18.8. The zero-order valence-electron chi connectivity index (χ0n) is 9.97. The maximum atomic E-state index is 13.3. The van der Waals surface area contributed by atoms with Crippen molar-refractivity contribution in [1.82, 2.24) is 4.98 Å². The third-order valence-corrected chi connectivity index (χ3v) is 3.19. The number of hydrogen-bond donors (Lipinski definition) is 1. The first-order valence-electron chi connectivity index (χ1n) is 5.84. The van der Waals surface area contributed by atoms with Crippen LogP contribution in [0.15, 0.2) is 36.5 Å². The van der Waals surface area contributed by atoms with E-state index in [0.717, 1.165) is 0 Å². The monoisotopic (exact) mass is 258 g/mol. The minimum absolute atomic E-state index is 0.269. The predicted octanol–water partition coefficient (Wildman–Crippen LogP) is 1.84. The van der Waals surface area contributed by atoms with Gasteiger partial charge in [0.1, 0.15) is 18.2 Å². The molecule has 0 unspecified atom stereocenters. The topological polar surface area (TPSA) is 65.2 Å². The van der Waals surface area contributed by atoms with E-state index in [1.165, 1.54) is 12.1 Å². The van der Waals surface area contributed by atoms with Crippen LogP contribution in [-0.4, -0.2) is 17.5 Å². The molecule has 1 atom stereocenters. The van der Waals surface area contributed by atoms with Crippen molar-refractivity contribution in [3.05, 3.63) is 59.2 Å². The van der Waals surface area contributed by atoms with E-state index in [1.54, 1.807) is 24.4 Å². The summed E-state index contributed by atoms with van der Waals surface area (Å²) in [6.07, 6.45) is 1.58. The lowest BCUT2D eigenvalue weighted by atomic mass is 9.94. The number of nitrogens with two attached hydrogens (primary N) is 1. The zero-order chi connectivity index (χ0) is 13.4. The second kappa shape index (κ2) is 4.35. The van der Waals surface area contributed by atoms with Gasteiger partial charge in [-0.05, 0) is 30.3 Å². The van der Waals surface area contributed by atoms with Crippen LogP contribution < -0.4 is 10.5 Å². The van der Waals surface area contributed by atoms with Crippen LogP contribution in [-0.2, 0) is 0 Å². The molecule has 1 aliphatic rings. The number of pyridine rings is 1. The molecular weight excluding hydrogens is 247 g/mol. The Balaban J connectivity index is 2.11. The van der Waals surface area contributed by atoms with E-state index in [0.29, 0.717) is 29.2 Å². The van der Waals surface area contributed by atoms with E-state index in [1.807, 2.05) is 0 Å². The fourth-order valence-electron chi connectivity index (χ4n) is 2.32. The molecular formula is C14H11FN2O2. The van der Waals surface area contributed by atoms with Crippen molar-refractivity contribution in [3.63, 3.8) is 0 Å². The number of primary amides is 1. The lowest BCUT2D eigenvalue weighted by Crippen LogP contribution is -2.18. The second-order valence-corrected chi connectivity index (χ2v) is 4.35. The molecule has 3 rings (SSSR count). The van der Waals surface area contributed by atoms with Crippen molar-refractivity contribution in [2.75, 3.05) is 6.61 Å². The highest BCUT2D eigenvalue weighted by Gasteiger charge is 2.30. The Morgan fingerprint density at radius 3 is 3.05 bits per heavy atom. The van der Waals surface area contributed by atoms with E-state index in [9.17, 15) is 9.18 Å². The molecule has 2 N–H and O–H groups in total. The number of fused-ring (bicyclic) bond motifs is 1. The van der Waals surface area contributed by atoms with Gasteiger partial charge in [-0.3, -0.25) is 9.78 Å². The van der Waals surface area contributed by atoms with Crippen LogP contribution in [0, 0.1) is 5.82 Å². The minimum atomic E-state index is -0.548. The summed E-state index contributed by atoms with van der Waals surface area (Å²) in [5.41, 5.74) is 6.90. The van der Waals surface area contributed by atoms with Gasteiger partial charge in [0.2, 0.25) is 0 Å². The van der Waals surface area contributed by atoms with Gasteiger partial charge in [0.25, 0.3) is 5.91 Å². The third kappa shape index (κ3) is 1.93. The number of amides is 1. The molecule has 2 heterocycles. The first-order valence-corrected chi connectivity index (χ1v) is 5.84. The SMILES string of the molecule is NC(=O)c1cccnc1[C@H]1COc2ccc(F)cc21. The zero-order valence-corrected chi connectivity index (χ0v) is 9.97. The van der Waals surface area contributed by atoms with Crippen molar-refractivity contribution in [3.8, 4) is 5.75 Å². The number of ether oxygens (including phenoxy) is 1. The maximum absolute atomic E-state index is 13.3. The van der Waals surface area contributed by atoms with Crippen LogP contribution in [0.5, 0.6) is 5.75 Å². The Morgan fingerprint density at radius 2 is 2.26 bits per heavy atom. The summed E-state index contributed by atoms with van der Waals surface area (Å²) in [4.78, 5) is 15.6. The normalized spacial score (nSPS) is 16.8. The summed E-state index contributed by atoms with van der Waals surface area (Å²) in [5.74, 6) is -0.541. The highest BCUT2D eigenvalue weighted by molar-refractivity contribution is 5.94. The van der Waals surface area contributed by atoms with Crippen LogP contribution in [0.2, 0.25) is 0 Å². The summed E-state index contributed by atoms with van der Waals surface area (Å²) in [6, 6.07) is 7.59. The van der Waals surface area contributed by atoms with Gasteiger partial charge in [0.05, 0.1) is 17.2 Å². The van der Waals surface area contributed by atoms with E-state index in [4.69, 9.17) is 10.5 Å². The lowest BCUT2D eigenvalue weighted by Gasteiger charge is -2.11. The van der Waals surface area contributed by atoms with Gasteiger partial charge < -0.3 is 10.5 Å². The molecule has 0 aliphatic carbocycles. The molecule has 5 heteroatoms. The van der Waals surface area contributed by atoms with Gasteiger partial charge in [-0.1, -0.05) is 0 Å². The Morgan fingerprint density at radius 1 is 1.42 bits per heavy atom. The molecule has 0 radical (unpaired) electrons. The molecule has 96 valence electrons. The predicted molar refractivity (Wildman–Crippen MR) is 66.5 cm³/mol. The van der Waals surface area contributed by atoms with Crippen molar-refractivity contribution >= 4 is 5.91 Å². The van der Waals surface area contributed by atoms with Gasteiger partial charge in [-0.2, -0.15) is 0 Å². The molecule has 19 heavy (non-hydrogen) atoms. The second-order valence-electron chi connectivity index (χ2n) is 4.35. The maximum Gasteiger partial charge on any atom is 0.250 e. The van der Waals surface area contributed by atoms with E-state index in [-0.39, 0.29) is 11.7 Å². The van der Waals surface area contributed by atoms with Crippen LogP contribution in [0.25, 0.3) is 0 Å².